The van der Waals surface area contributed by atoms with E-state index >= 15 is 0 Å². The second-order valence-electron chi connectivity index (χ2n) is 4.72. The van der Waals surface area contributed by atoms with E-state index in [2.05, 4.69) is 20.6 Å². The maximum absolute atomic E-state index is 12.1. The first-order valence-corrected chi connectivity index (χ1v) is 7.23. The molecule has 0 saturated carbocycles. The van der Waals surface area contributed by atoms with Crippen LogP contribution in [0.25, 0.3) is 0 Å². The van der Waals surface area contributed by atoms with Crippen LogP contribution >= 0.6 is 0 Å². The highest BCUT2D eigenvalue weighted by atomic mass is 16.1. The molecule has 0 aromatic carbocycles. The number of carbonyl (C=O) groups excluding carboxylic acids is 1. The standard InChI is InChI=1S/C15H21N5O/c1-2-18-14-11-16-7-5-13(14)15(21)19-6-3-4-9-20-10-8-17-12-20/h5,7-8,10-12,18H,2-4,6,9H2,1H3,(H,19,21). The van der Waals surface area contributed by atoms with E-state index in [1.807, 2.05) is 17.7 Å². The third-order valence-electron chi connectivity index (χ3n) is 3.12. The number of unbranched alkanes of at least 4 members (excludes halogenated alkanes) is 1. The molecule has 21 heavy (non-hydrogen) atoms. The molecule has 2 aromatic heterocycles. The number of hydrogen-bond donors (Lipinski definition) is 2. The maximum atomic E-state index is 12.1. The number of anilines is 1. The molecular formula is C15H21N5O. The second-order valence-corrected chi connectivity index (χ2v) is 4.72. The average Bonchev–Trinajstić information content (AvgIpc) is 3.01. The van der Waals surface area contributed by atoms with Crippen molar-refractivity contribution in [3.8, 4) is 0 Å². The van der Waals surface area contributed by atoms with Crippen LogP contribution in [0.15, 0.2) is 37.2 Å². The number of nitrogens with zero attached hydrogens (tertiary/aromatic N) is 3. The summed E-state index contributed by atoms with van der Waals surface area (Å²) in [6, 6.07) is 1.73. The quantitative estimate of drug-likeness (QED) is 0.728. The van der Waals surface area contributed by atoms with Crippen LogP contribution in [-0.2, 0) is 6.54 Å². The van der Waals surface area contributed by atoms with Crippen molar-refractivity contribution in [3.05, 3.63) is 42.7 Å². The zero-order valence-corrected chi connectivity index (χ0v) is 12.2. The van der Waals surface area contributed by atoms with Crippen LogP contribution in [0.2, 0.25) is 0 Å². The van der Waals surface area contributed by atoms with Crippen molar-refractivity contribution in [3.63, 3.8) is 0 Å². The van der Waals surface area contributed by atoms with E-state index in [4.69, 9.17) is 0 Å². The number of pyridine rings is 1. The first-order valence-electron chi connectivity index (χ1n) is 7.23. The van der Waals surface area contributed by atoms with E-state index in [1.54, 1.807) is 31.0 Å². The number of carbonyl (C=O) groups is 1. The summed E-state index contributed by atoms with van der Waals surface area (Å²) in [5.74, 6) is -0.0593. The highest BCUT2D eigenvalue weighted by molar-refractivity contribution is 5.99. The van der Waals surface area contributed by atoms with Crippen molar-refractivity contribution >= 4 is 11.6 Å². The largest absolute Gasteiger partial charge is 0.383 e. The average molecular weight is 287 g/mol. The molecule has 0 fully saturated rings. The summed E-state index contributed by atoms with van der Waals surface area (Å²) in [6.07, 6.45) is 10.8. The van der Waals surface area contributed by atoms with Gasteiger partial charge in [0, 0.05) is 38.2 Å². The molecule has 0 radical (unpaired) electrons. The van der Waals surface area contributed by atoms with Gasteiger partial charge in [0.1, 0.15) is 0 Å². The third-order valence-corrected chi connectivity index (χ3v) is 3.12. The molecule has 2 rings (SSSR count). The van der Waals surface area contributed by atoms with Gasteiger partial charge in [0.15, 0.2) is 0 Å². The normalized spacial score (nSPS) is 10.3. The summed E-state index contributed by atoms with van der Waals surface area (Å²) >= 11 is 0. The van der Waals surface area contributed by atoms with Gasteiger partial charge in [-0.05, 0) is 25.8 Å². The number of aryl methyl sites for hydroxylation is 1. The fraction of sp³-hybridized carbons (Fsp3) is 0.400. The maximum Gasteiger partial charge on any atom is 0.253 e. The SMILES string of the molecule is CCNc1cnccc1C(=O)NCCCCn1ccnc1. The molecule has 2 N–H and O–H groups in total. The van der Waals surface area contributed by atoms with Crippen LogP contribution in [0.4, 0.5) is 5.69 Å². The minimum absolute atomic E-state index is 0.0593. The molecule has 0 saturated heterocycles. The third kappa shape index (κ3) is 4.59. The summed E-state index contributed by atoms with van der Waals surface area (Å²) in [5, 5.41) is 6.09. The first-order chi connectivity index (χ1) is 10.3. The smallest absolute Gasteiger partial charge is 0.253 e. The molecular weight excluding hydrogens is 266 g/mol. The van der Waals surface area contributed by atoms with Crippen molar-refractivity contribution in [2.45, 2.75) is 26.3 Å². The molecule has 112 valence electrons. The van der Waals surface area contributed by atoms with Gasteiger partial charge in [-0.15, -0.1) is 0 Å². The van der Waals surface area contributed by atoms with Crippen LogP contribution < -0.4 is 10.6 Å². The highest BCUT2D eigenvalue weighted by Gasteiger charge is 2.09. The number of imidazole rings is 1. The summed E-state index contributed by atoms with van der Waals surface area (Å²) in [6.45, 7) is 4.34. The molecule has 0 unspecified atom stereocenters. The van der Waals surface area contributed by atoms with E-state index in [0.29, 0.717) is 12.1 Å². The van der Waals surface area contributed by atoms with Gasteiger partial charge < -0.3 is 15.2 Å². The fourth-order valence-electron chi connectivity index (χ4n) is 2.06. The topological polar surface area (TPSA) is 71.8 Å². The summed E-state index contributed by atoms with van der Waals surface area (Å²) in [7, 11) is 0. The van der Waals surface area contributed by atoms with Gasteiger partial charge in [-0.25, -0.2) is 4.98 Å². The van der Waals surface area contributed by atoms with Crippen molar-refractivity contribution < 1.29 is 4.79 Å². The lowest BCUT2D eigenvalue weighted by molar-refractivity contribution is 0.0953. The van der Waals surface area contributed by atoms with Gasteiger partial charge in [-0.1, -0.05) is 0 Å². The number of rotatable bonds is 8. The second kappa shape index (κ2) is 8.04. The highest BCUT2D eigenvalue weighted by Crippen LogP contribution is 2.12. The van der Waals surface area contributed by atoms with Crippen molar-refractivity contribution in [2.75, 3.05) is 18.4 Å². The lowest BCUT2D eigenvalue weighted by atomic mass is 10.2. The van der Waals surface area contributed by atoms with Crippen molar-refractivity contribution in [1.29, 1.82) is 0 Å². The fourth-order valence-corrected chi connectivity index (χ4v) is 2.06. The van der Waals surface area contributed by atoms with Crippen molar-refractivity contribution in [2.24, 2.45) is 0 Å². The summed E-state index contributed by atoms with van der Waals surface area (Å²) in [4.78, 5) is 20.2. The Hall–Kier alpha value is -2.37. The molecule has 1 amide bonds. The molecule has 0 aliphatic carbocycles. The van der Waals surface area contributed by atoms with E-state index in [9.17, 15) is 4.79 Å². The molecule has 2 heterocycles. The van der Waals surface area contributed by atoms with Gasteiger partial charge in [0.2, 0.25) is 0 Å². The molecule has 6 heteroatoms. The predicted octanol–water partition coefficient (Wildman–Crippen LogP) is 1.92. The molecule has 0 bridgehead atoms. The number of nitrogens with one attached hydrogen (secondary N) is 2. The zero-order chi connectivity index (χ0) is 14.9. The molecule has 0 spiro atoms. The van der Waals surface area contributed by atoms with Crippen LogP contribution in [-0.4, -0.2) is 33.5 Å². The molecule has 0 atom stereocenters. The minimum atomic E-state index is -0.0593. The molecule has 6 nitrogen and oxygen atoms in total. The predicted molar refractivity (Wildman–Crippen MR) is 82.2 cm³/mol. The lowest BCUT2D eigenvalue weighted by Crippen LogP contribution is -2.25. The lowest BCUT2D eigenvalue weighted by Gasteiger charge is -2.10. The van der Waals surface area contributed by atoms with E-state index in [-0.39, 0.29) is 5.91 Å². The first kappa shape index (κ1) is 15.0. The van der Waals surface area contributed by atoms with Gasteiger partial charge in [0.25, 0.3) is 5.91 Å². The Morgan fingerprint density at radius 3 is 2.95 bits per heavy atom. The van der Waals surface area contributed by atoms with E-state index < -0.39 is 0 Å². The zero-order valence-electron chi connectivity index (χ0n) is 12.2. The van der Waals surface area contributed by atoms with Gasteiger partial charge in [-0.2, -0.15) is 0 Å². The number of amides is 1. The Balaban J connectivity index is 1.74. The Bertz CT molecular complexity index is 553. The Kier molecular flexibility index (Phi) is 5.75. The summed E-state index contributed by atoms with van der Waals surface area (Å²) in [5.41, 5.74) is 1.41. The number of aromatic nitrogens is 3. The van der Waals surface area contributed by atoms with E-state index in [1.165, 1.54) is 0 Å². The minimum Gasteiger partial charge on any atom is -0.383 e. The summed E-state index contributed by atoms with van der Waals surface area (Å²) < 4.78 is 2.04. The van der Waals surface area contributed by atoms with Crippen LogP contribution in [0.5, 0.6) is 0 Å². The van der Waals surface area contributed by atoms with Gasteiger partial charge in [0.05, 0.1) is 23.8 Å². The Morgan fingerprint density at radius 1 is 1.29 bits per heavy atom. The number of hydrogen-bond acceptors (Lipinski definition) is 4. The van der Waals surface area contributed by atoms with Crippen molar-refractivity contribution in [1.82, 2.24) is 19.9 Å². The van der Waals surface area contributed by atoms with Crippen LogP contribution in [0.1, 0.15) is 30.1 Å². The van der Waals surface area contributed by atoms with Crippen LogP contribution in [0, 0.1) is 0 Å². The monoisotopic (exact) mass is 287 g/mol. The molecule has 2 aromatic rings. The van der Waals surface area contributed by atoms with E-state index in [0.717, 1.165) is 31.6 Å². The van der Waals surface area contributed by atoms with Gasteiger partial charge in [-0.3, -0.25) is 9.78 Å². The van der Waals surface area contributed by atoms with Gasteiger partial charge >= 0.3 is 0 Å². The Morgan fingerprint density at radius 2 is 2.19 bits per heavy atom. The molecule has 0 aliphatic heterocycles. The molecule has 0 aliphatic rings. The van der Waals surface area contributed by atoms with Crippen LogP contribution in [0.3, 0.4) is 0 Å². The Labute approximate surface area is 124 Å².